The average molecular weight is 291 g/mol. The largest absolute Gasteiger partial charge is 0.496 e. The molecule has 106 valence electrons. The summed E-state index contributed by atoms with van der Waals surface area (Å²) < 4.78 is 5.17. The van der Waals surface area contributed by atoms with Crippen LogP contribution in [0.25, 0.3) is 0 Å². The first-order valence-corrected chi connectivity index (χ1v) is 7.33. The summed E-state index contributed by atoms with van der Waals surface area (Å²) in [5.74, 6) is 0.307. The van der Waals surface area contributed by atoms with E-state index in [4.69, 9.17) is 4.74 Å². The van der Waals surface area contributed by atoms with Gasteiger partial charge in [-0.25, -0.2) is 0 Å². The van der Waals surface area contributed by atoms with Crippen LogP contribution in [0.2, 0.25) is 0 Å². The number of para-hydroxylation sites is 1. The van der Waals surface area contributed by atoms with E-state index >= 15 is 0 Å². The monoisotopic (exact) mass is 291 g/mol. The number of benzene rings is 1. The number of aromatic nitrogens is 2. The zero-order chi connectivity index (χ0) is 14.4. The Labute approximate surface area is 122 Å². The van der Waals surface area contributed by atoms with Crippen LogP contribution in [0.3, 0.4) is 0 Å². The lowest BCUT2D eigenvalue weighted by molar-refractivity contribution is 0.102. The van der Waals surface area contributed by atoms with Crippen molar-refractivity contribution >= 4 is 22.4 Å². The van der Waals surface area contributed by atoms with Crippen molar-refractivity contribution in [3.8, 4) is 5.75 Å². The quantitative estimate of drug-likeness (QED) is 0.888. The highest BCUT2D eigenvalue weighted by atomic mass is 32.1. The predicted molar refractivity (Wildman–Crippen MR) is 79.5 cm³/mol. The Kier molecular flexibility index (Phi) is 5.06. The van der Waals surface area contributed by atoms with Crippen LogP contribution in [-0.4, -0.2) is 23.2 Å². The zero-order valence-corrected chi connectivity index (χ0v) is 12.4. The number of ether oxygens (including phenoxy) is 1. The molecule has 1 aromatic carbocycles. The van der Waals surface area contributed by atoms with E-state index in [9.17, 15) is 4.79 Å². The van der Waals surface area contributed by atoms with Crippen molar-refractivity contribution in [3.63, 3.8) is 0 Å². The lowest BCUT2D eigenvalue weighted by atomic mass is 10.2. The van der Waals surface area contributed by atoms with Crippen molar-refractivity contribution < 1.29 is 9.53 Å². The van der Waals surface area contributed by atoms with Crippen molar-refractivity contribution in [2.24, 2.45) is 0 Å². The van der Waals surface area contributed by atoms with Crippen LogP contribution in [0, 0.1) is 0 Å². The Morgan fingerprint density at radius 1 is 1.35 bits per heavy atom. The number of methoxy groups -OCH3 is 1. The van der Waals surface area contributed by atoms with Gasteiger partial charge in [0.25, 0.3) is 5.91 Å². The van der Waals surface area contributed by atoms with E-state index in [1.54, 1.807) is 25.3 Å². The molecule has 2 rings (SSSR count). The van der Waals surface area contributed by atoms with E-state index in [-0.39, 0.29) is 5.91 Å². The highest BCUT2D eigenvalue weighted by Crippen LogP contribution is 2.21. The first-order valence-electron chi connectivity index (χ1n) is 6.51. The van der Waals surface area contributed by atoms with Crippen LogP contribution in [0.4, 0.5) is 5.13 Å². The van der Waals surface area contributed by atoms with Crippen molar-refractivity contribution in [1.82, 2.24) is 10.2 Å². The van der Waals surface area contributed by atoms with E-state index in [1.807, 2.05) is 6.07 Å². The minimum atomic E-state index is -0.236. The fraction of sp³-hybridized carbons (Fsp3) is 0.357. The number of carbonyl (C=O) groups excluding carboxylic acids is 1. The minimum Gasteiger partial charge on any atom is -0.496 e. The van der Waals surface area contributed by atoms with E-state index in [0.29, 0.717) is 16.4 Å². The van der Waals surface area contributed by atoms with Gasteiger partial charge in [0.2, 0.25) is 5.13 Å². The second-order valence-electron chi connectivity index (χ2n) is 4.26. The van der Waals surface area contributed by atoms with Crippen LogP contribution in [-0.2, 0) is 6.42 Å². The van der Waals surface area contributed by atoms with Crippen LogP contribution >= 0.6 is 11.3 Å². The van der Waals surface area contributed by atoms with Crippen LogP contribution in [0.5, 0.6) is 5.75 Å². The summed E-state index contributed by atoms with van der Waals surface area (Å²) in [6, 6.07) is 7.09. The maximum absolute atomic E-state index is 12.2. The predicted octanol–water partition coefficient (Wildman–Crippen LogP) is 3.14. The molecule has 0 unspecified atom stereocenters. The van der Waals surface area contributed by atoms with E-state index in [0.717, 1.165) is 24.3 Å². The molecule has 0 fully saturated rings. The second-order valence-corrected chi connectivity index (χ2v) is 5.32. The number of aryl methyl sites for hydroxylation is 1. The fourth-order valence-corrected chi connectivity index (χ4v) is 2.51. The van der Waals surface area contributed by atoms with E-state index in [2.05, 4.69) is 22.4 Å². The standard InChI is InChI=1S/C14H17N3O2S/c1-3-4-9-12-16-17-14(20-12)15-13(18)10-7-5-6-8-11(10)19-2/h5-8H,3-4,9H2,1-2H3,(H,15,17,18). The number of amides is 1. The molecule has 6 heteroatoms. The van der Waals surface area contributed by atoms with Gasteiger partial charge in [-0.2, -0.15) is 0 Å². The molecule has 0 saturated carbocycles. The van der Waals surface area contributed by atoms with E-state index in [1.165, 1.54) is 11.3 Å². The molecule has 1 heterocycles. The number of rotatable bonds is 6. The van der Waals surface area contributed by atoms with Gasteiger partial charge < -0.3 is 4.74 Å². The summed E-state index contributed by atoms with van der Waals surface area (Å²) in [6.07, 6.45) is 3.09. The summed E-state index contributed by atoms with van der Waals surface area (Å²) in [5.41, 5.74) is 0.486. The molecule has 0 spiro atoms. The molecular formula is C14H17N3O2S. The number of anilines is 1. The van der Waals surface area contributed by atoms with Crippen LogP contribution < -0.4 is 10.1 Å². The summed E-state index contributed by atoms with van der Waals surface area (Å²) in [4.78, 5) is 12.2. The van der Waals surface area contributed by atoms with Crippen molar-refractivity contribution in [3.05, 3.63) is 34.8 Å². The van der Waals surface area contributed by atoms with Gasteiger partial charge >= 0.3 is 0 Å². The minimum absolute atomic E-state index is 0.236. The molecule has 0 aliphatic carbocycles. The molecule has 0 bridgehead atoms. The van der Waals surface area contributed by atoms with Gasteiger partial charge in [0.05, 0.1) is 12.7 Å². The number of unbranched alkanes of at least 4 members (excludes halogenated alkanes) is 1. The lowest BCUT2D eigenvalue weighted by Crippen LogP contribution is -2.12. The van der Waals surface area contributed by atoms with Crippen LogP contribution in [0.15, 0.2) is 24.3 Å². The Morgan fingerprint density at radius 2 is 2.15 bits per heavy atom. The SMILES string of the molecule is CCCCc1nnc(NC(=O)c2ccccc2OC)s1. The third-order valence-electron chi connectivity index (χ3n) is 2.78. The third kappa shape index (κ3) is 3.54. The summed E-state index contributed by atoms with van der Waals surface area (Å²) in [7, 11) is 1.54. The lowest BCUT2D eigenvalue weighted by Gasteiger charge is -2.06. The average Bonchev–Trinajstić information content (AvgIpc) is 2.92. The van der Waals surface area contributed by atoms with Crippen molar-refractivity contribution in [2.75, 3.05) is 12.4 Å². The molecular weight excluding hydrogens is 274 g/mol. The van der Waals surface area contributed by atoms with Gasteiger partial charge in [-0.1, -0.05) is 36.8 Å². The highest BCUT2D eigenvalue weighted by Gasteiger charge is 2.13. The molecule has 1 N–H and O–H groups in total. The van der Waals surface area contributed by atoms with Gasteiger partial charge in [-0.3, -0.25) is 10.1 Å². The number of hydrogen-bond donors (Lipinski definition) is 1. The van der Waals surface area contributed by atoms with Crippen LogP contribution in [0.1, 0.15) is 35.1 Å². The molecule has 5 nitrogen and oxygen atoms in total. The first kappa shape index (κ1) is 14.5. The number of carbonyl (C=O) groups is 1. The topological polar surface area (TPSA) is 64.1 Å². The Balaban J connectivity index is 2.05. The Hall–Kier alpha value is -1.95. The molecule has 1 aromatic heterocycles. The zero-order valence-electron chi connectivity index (χ0n) is 11.5. The first-order chi connectivity index (χ1) is 9.74. The number of nitrogens with one attached hydrogen (secondary N) is 1. The van der Waals surface area contributed by atoms with E-state index < -0.39 is 0 Å². The molecule has 2 aromatic rings. The summed E-state index contributed by atoms with van der Waals surface area (Å²) >= 11 is 1.41. The van der Waals surface area contributed by atoms with Gasteiger partial charge in [0, 0.05) is 6.42 Å². The second kappa shape index (κ2) is 7.00. The molecule has 0 aliphatic heterocycles. The Morgan fingerprint density at radius 3 is 2.90 bits per heavy atom. The number of nitrogens with zero attached hydrogens (tertiary/aromatic N) is 2. The van der Waals surface area contributed by atoms with Gasteiger partial charge in [0.15, 0.2) is 0 Å². The molecule has 0 aliphatic rings. The molecule has 0 atom stereocenters. The summed E-state index contributed by atoms with van der Waals surface area (Å²) in [5, 5.41) is 12.3. The Bertz CT molecular complexity index is 583. The highest BCUT2D eigenvalue weighted by molar-refractivity contribution is 7.15. The van der Waals surface area contributed by atoms with Crippen molar-refractivity contribution in [2.45, 2.75) is 26.2 Å². The molecule has 0 saturated heterocycles. The maximum atomic E-state index is 12.2. The van der Waals surface area contributed by atoms with Gasteiger partial charge in [0.1, 0.15) is 10.8 Å². The normalized spacial score (nSPS) is 10.3. The molecule has 0 radical (unpaired) electrons. The molecule has 1 amide bonds. The third-order valence-corrected chi connectivity index (χ3v) is 3.68. The maximum Gasteiger partial charge on any atom is 0.261 e. The van der Waals surface area contributed by atoms with Gasteiger partial charge in [-0.05, 0) is 18.6 Å². The fourth-order valence-electron chi connectivity index (χ4n) is 1.73. The molecule has 20 heavy (non-hydrogen) atoms. The smallest absolute Gasteiger partial charge is 0.261 e. The van der Waals surface area contributed by atoms with Gasteiger partial charge in [-0.15, -0.1) is 10.2 Å². The number of hydrogen-bond acceptors (Lipinski definition) is 5. The summed E-state index contributed by atoms with van der Waals surface area (Å²) in [6.45, 7) is 2.13. The van der Waals surface area contributed by atoms with Crippen molar-refractivity contribution in [1.29, 1.82) is 0 Å².